The number of hydrogen-bond donors (Lipinski definition) is 1. The van der Waals surface area contributed by atoms with E-state index in [0.717, 1.165) is 31.0 Å². The number of rotatable bonds is 4. The Balaban J connectivity index is 1.81. The molecular weight excluding hydrogens is 492 g/mol. The molecule has 1 atom stereocenters. The van der Waals surface area contributed by atoms with Crippen LogP contribution in [0.2, 0.25) is 0 Å². The minimum atomic E-state index is -0.708. The Kier molecular flexibility index (Phi) is 5.52. The highest BCUT2D eigenvalue weighted by Gasteiger charge is 2.23. The third-order valence-corrected chi connectivity index (χ3v) is 5.40. The molecule has 1 aliphatic heterocycles. The number of nitrogens with two attached hydrogens (primary N) is 1. The molecule has 0 bridgehead atoms. The fourth-order valence-electron chi connectivity index (χ4n) is 3.09. The van der Waals surface area contributed by atoms with Crippen molar-refractivity contribution in [1.29, 1.82) is 0 Å². The summed E-state index contributed by atoms with van der Waals surface area (Å²) >= 11 is 8.78. The van der Waals surface area contributed by atoms with E-state index < -0.39 is 6.29 Å². The summed E-state index contributed by atoms with van der Waals surface area (Å²) in [6.07, 6.45) is -0.708. The summed E-state index contributed by atoms with van der Waals surface area (Å²) in [6, 6.07) is 19.8. The zero-order chi connectivity index (χ0) is 19.7. The van der Waals surface area contributed by atoms with Crippen LogP contribution in [0.1, 0.15) is 11.1 Å². The summed E-state index contributed by atoms with van der Waals surface area (Å²) < 4.78 is 21.9. The summed E-state index contributed by atoms with van der Waals surface area (Å²) in [5, 5.41) is 1.66. The molecule has 28 heavy (non-hydrogen) atoms. The van der Waals surface area contributed by atoms with Crippen LogP contribution in [0.4, 0.5) is 4.39 Å². The number of ether oxygens (including phenoxy) is 1. The number of fused-ring (bicyclic) bond motifs is 1. The molecule has 0 saturated carbocycles. The monoisotopic (exact) mass is 507 g/mol. The number of halogens is 3. The molecule has 4 nitrogen and oxygen atoms in total. The van der Waals surface area contributed by atoms with E-state index in [4.69, 9.17) is 22.2 Å². The predicted octanol–water partition coefficient (Wildman–Crippen LogP) is 3.50. The molecule has 0 fully saturated rings. The average Bonchev–Trinajstić information content (AvgIpc) is 2.68. The van der Waals surface area contributed by atoms with Crippen molar-refractivity contribution in [2.75, 3.05) is 0 Å². The Labute approximate surface area is 180 Å². The zero-order valence-electron chi connectivity index (χ0n) is 14.6. The van der Waals surface area contributed by atoms with Crippen LogP contribution in [0.5, 0.6) is 5.75 Å². The molecule has 3 aromatic carbocycles. The minimum absolute atomic E-state index is 0.236. The number of para-hydroxylation sites is 1. The van der Waals surface area contributed by atoms with Gasteiger partial charge in [-0.3, -0.25) is 5.73 Å². The lowest BCUT2D eigenvalue weighted by Crippen LogP contribution is -2.46. The average molecular weight is 508 g/mol. The van der Waals surface area contributed by atoms with Gasteiger partial charge in [0, 0.05) is 26.1 Å². The standard InChI is InChI=1S/C21H16ClFIN3O/c22-27-20(17-11-15(24)8-9-18(17)26-21(27)25)16-6-1-2-7-19(16)28-12-13-4-3-5-14(23)10-13/h1-11,21H,12,25H2. The Morgan fingerprint density at radius 2 is 1.93 bits per heavy atom. The minimum Gasteiger partial charge on any atom is -0.488 e. The first kappa shape index (κ1) is 19.2. The largest absolute Gasteiger partial charge is 0.488 e. The van der Waals surface area contributed by atoms with Gasteiger partial charge < -0.3 is 4.74 Å². The highest BCUT2D eigenvalue weighted by atomic mass is 127. The van der Waals surface area contributed by atoms with Crippen molar-refractivity contribution in [2.24, 2.45) is 10.7 Å². The molecule has 1 aliphatic rings. The van der Waals surface area contributed by atoms with Gasteiger partial charge >= 0.3 is 0 Å². The van der Waals surface area contributed by atoms with Crippen LogP contribution in [0.3, 0.4) is 0 Å². The zero-order valence-corrected chi connectivity index (χ0v) is 17.6. The van der Waals surface area contributed by atoms with Crippen molar-refractivity contribution < 1.29 is 9.13 Å². The van der Waals surface area contributed by atoms with Crippen LogP contribution < -0.4 is 21.0 Å². The smallest absolute Gasteiger partial charge is 0.188 e. The van der Waals surface area contributed by atoms with Crippen LogP contribution in [-0.2, 0) is 6.61 Å². The van der Waals surface area contributed by atoms with Gasteiger partial charge in [-0.2, -0.15) is 0 Å². The normalized spacial score (nSPS) is 15.8. The molecule has 4 rings (SSSR count). The molecular formula is C21H16ClFIN3O. The first-order chi connectivity index (χ1) is 13.5. The molecule has 0 radical (unpaired) electrons. The molecule has 7 heteroatoms. The maximum Gasteiger partial charge on any atom is 0.188 e. The van der Waals surface area contributed by atoms with Gasteiger partial charge in [0.25, 0.3) is 0 Å². The van der Waals surface area contributed by atoms with Crippen LogP contribution in [0.25, 0.3) is 5.70 Å². The lowest BCUT2D eigenvalue weighted by molar-refractivity contribution is 0.303. The SMILES string of the molecule is NC1N=c2ccc(I)cc2=C(c2ccccc2OCc2cccc(F)c2)N1Cl. The quantitative estimate of drug-likeness (QED) is 0.435. The molecule has 1 heterocycles. The van der Waals surface area contributed by atoms with Crippen LogP contribution >= 0.6 is 34.4 Å². The highest BCUT2D eigenvalue weighted by Crippen LogP contribution is 2.30. The van der Waals surface area contributed by atoms with E-state index in [0.29, 0.717) is 5.75 Å². The second-order valence-electron chi connectivity index (χ2n) is 6.28. The lowest BCUT2D eigenvalue weighted by atomic mass is 10.1. The van der Waals surface area contributed by atoms with E-state index in [1.54, 1.807) is 6.07 Å². The summed E-state index contributed by atoms with van der Waals surface area (Å²) in [6.45, 7) is 0.236. The molecule has 0 aliphatic carbocycles. The molecule has 0 spiro atoms. The lowest BCUT2D eigenvalue weighted by Gasteiger charge is -2.27. The summed E-state index contributed by atoms with van der Waals surface area (Å²) in [7, 11) is 0. The van der Waals surface area contributed by atoms with E-state index in [-0.39, 0.29) is 12.4 Å². The molecule has 0 saturated heterocycles. The Morgan fingerprint density at radius 3 is 2.75 bits per heavy atom. The fraction of sp³-hybridized carbons (Fsp3) is 0.0952. The third kappa shape index (κ3) is 3.85. The van der Waals surface area contributed by atoms with Gasteiger partial charge in [-0.05, 0) is 70.6 Å². The van der Waals surface area contributed by atoms with Gasteiger partial charge in [0.05, 0.1) is 11.1 Å². The predicted molar refractivity (Wildman–Crippen MR) is 115 cm³/mol. The molecule has 1 unspecified atom stereocenters. The molecule has 142 valence electrons. The Hall–Kier alpha value is -2.16. The number of nitrogens with zero attached hydrogens (tertiary/aromatic N) is 2. The van der Waals surface area contributed by atoms with Crippen molar-refractivity contribution in [1.82, 2.24) is 4.42 Å². The second-order valence-corrected chi connectivity index (χ2v) is 7.89. The topological polar surface area (TPSA) is 50.9 Å². The van der Waals surface area contributed by atoms with E-state index in [1.807, 2.05) is 48.5 Å². The second kappa shape index (κ2) is 8.06. The van der Waals surface area contributed by atoms with Gasteiger partial charge in [0.15, 0.2) is 6.29 Å². The van der Waals surface area contributed by atoms with Crippen molar-refractivity contribution >= 4 is 40.1 Å². The van der Waals surface area contributed by atoms with E-state index in [1.165, 1.54) is 16.6 Å². The van der Waals surface area contributed by atoms with Crippen LogP contribution in [-0.4, -0.2) is 10.7 Å². The first-order valence-electron chi connectivity index (χ1n) is 8.58. The van der Waals surface area contributed by atoms with E-state index in [9.17, 15) is 4.39 Å². The Bertz CT molecular complexity index is 1150. The summed E-state index contributed by atoms with van der Waals surface area (Å²) in [5.41, 5.74) is 8.38. The molecule has 3 aromatic rings. The number of benzene rings is 3. The summed E-state index contributed by atoms with van der Waals surface area (Å²) in [4.78, 5) is 4.44. The maximum absolute atomic E-state index is 13.5. The molecule has 0 aromatic heterocycles. The maximum atomic E-state index is 13.5. The van der Waals surface area contributed by atoms with Gasteiger partial charge in [-0.1, -0.05) is 24.3 Å². The van der Waals surface area contributed by atoms with Gasteiger partial charge in [0.2, 0.25) is 0 Å². The third-order valence-electron chi connectivity index (χ3n) is 4.36. The van der Waals surface area contributed by atoms with E-state index in [2.05, 4.69) is 27.6 Å². The molecule has 0 amide bonds. The number of hydrogen-bond acceptors (Lipinski definition) is 4. The fourth-order valence-corrected chi connectivity index (χ4v) is 3.80. The Morgan fingerprint density at radius 1 is 1.11 bits per heavy atom. The van der Waals surface area contributed by atoms with Crippen molar-refractivity contribution in [3.8, 4) is 5.75 Å². The first-order valence-corrected chi connectivity index (χ1v) is 9.99. The molecule has 2 N–H and O–H groups in total. The van der Waals surface area contributed by atoms with Crippen molar-refractivity contribution in [2.45, 2.75) is 12.9 Å². The summed E-state index contributed by atoms with van der Waals surface area (Å²) in [5.74, 6) is 0.338. The van der Waals surface area contributed by atoms with Crippen LogP contribution in [0.15, 0.2) is 71.7 Å². The van der Waals surface area contributed by atoms with Gasteiger partial charge in [0.1, 0.15) is 18.2 Å². The van der Waals surface area contributed by atoms with Crippen molar-refractivity contribution in [3.63, 3.8) is 0 Å². The van der Waals surface area contributed by atoms with Crippen LogP contribution in [0, 0.1) is 9.39 Å². The van der Waals surface area contributed by atoms with Gasteiger partial charge in [-0.15, -0.1) is 0 Å². The van der Waals surface area contributed by atoms with E-state index >= 15 is 0 Å². The van der Waals surface area contributed by atoms with Gasteiger partial charge in [-0.25, -0.2) is 13.8 Å². The highest BCUT2D eigenvalue weighted by molar-refractivity contribution is 14.1. The van der Waals surface area contributed by atoms with Crippen molar-refractivity contribution in [3.05, 3.63) is 97.8 Å².